The zero-order valence-electron chi connectivity index (χ0n) is 14.1. The van der Waals surface area contributed by atoms with E-state index in [1.807, 2.05) is 0 Å². The zero-order valence-corrected chi connectivity index (χ0v) is 14.1. The van der Waals surface area contributed by atoms with Crippen molar-refractivity contribution in [3.63, 3.8) is 0 Å². The first-order chi connectivity index (χ1) is 11.0. The number of fused-ring (bicyclic) bond motifs is 1. The summed E-state index contributed by atoms with van der Waals surface area (Å²) in [5.41, 5.74) is 1.04. The largest absolute Gasteiger partial charge is 0.461 e. The topological polar surface area (TPSA) is 59.8 Å². The van der Waals surface area contributed by atoms with E-state index in [-0.39, 0.29) is 5.43 Å². The number of hydrogen-bond donors (Lipinski definition) is 0. The van der Waals surface area contributed by atoms with Crippen molar-refractivity contribution >= 4 is 16.9 Å². The maximum Gasteiger partial charge on any atom is 0.342 e. The predicted molar refractivity (Wildman–Crippen MR) is 90.0 cm³/mol. The Bertz CT molecular complexity index is 759. The van der Waals surface area contributed by atoms with Crippen LogP contribution in [0.15, 0.2) is 27.4 Å². The van der Waals surface area contributed by atoms with Crippen LogP contribution in [0.25, 0.3) is 11.0 Å². The molecule has 0 spiro atoms. The second-order valence-electron chi connectivity index (χ2n) is 5.46. The fourth-order valence-corrected chi connectivity index (χ4v) is 2.46. The van der Waals surface area contributed by atoms with Crippen molar-refractivity contribution in [1.29, 1.82) is 0 Å². The van der Waals surface area contributed by atoms with Gasteiger partial charge in [-0.25, -0.2) is 4.79 Å². The average Bonchev–Trinajstić information content (AvgIpc) is 2.56. The molecule has 1 aromatic carbocycles. The van der Waals surface area contributed by atoms with E-state index < -0.39 is 5.97 Å². The Balaban J connectivity index is 2.26. The number of esters is 1. The molecule has 0 fully saturated rings. The summed E-state index contributed by atoms with van der Waals surface area (Å²) in [6.07, 6.45) is 0. The second kappa shape index (κ2) is 7.42. The highest BCUT2D eigenvalue weighted by atomic mass is 16.5. The van der Waals surface area contributed by atoms with Gasteiger partial charge in [0.1, 0.15) is 17.9 Å². The minimum atomic E-state index is -0.464. The third-order valence-electron chi connectivity index (χ3n) is 4.14. The number of carbonyl (C=O) groups excluding carboxylic acids is 1. The fourth-order valence-electron chi connectivity index (χ4n) is 2.46. The molecule has 5 heteroatoms. The average molecular weight is 317 g/mol. The Labute approximate surface area is 135 Å². The molecule has 0 atom stereocenters. The highest BCUT2D eigenvalue weighted by Gasteiger charge is 2.17. The normalized spacial score (nSPS) is 11.2. The van der Waals surface area contributed by atoms with E-state index in [9.17, 15) is 9.59 Å². The second-order valence-corrected chi connectivity index (χ2v) is 5.46. The summed E-state index contributed by atoms with van der Waals surface area (Å²) in [7, 11) is 0. The number of carbonyl (C=O) groups is 1. The van der Waals surface area contributed by atoms with E-state index in [4.69, 9.17) is 9.15 Å². The first-order valence-electron chi connectivity index (χ1n) is 7.92. The number of hydrogen-bond acceptors (Lipinski definition) is 5. The van der Waals surface area contributed by atoms with Crippen LogP contribution in [0, 0.1) is 13.8 Å². The van der Waals surface area contributed by atoms with Gasteiger partial charge in [-0.3, -0.25) is 4.79 Å². The van der Waals surface area contributed by atoms with Gasteiger partial charge in [-0.05, 0) is 39.1 Å². The molecule has 0 aliphatic rings. The number of benzene rings is 1. The van der Waals surface area contributed by atoms with Crippen LogP contribution in [0.4, 0.5) is 0 Å². The summed E-state index contributed by atoms with van der Waals surface area (Å²) in [6, 6.07) is 4.97. The lowest BCUT2D eigenvalue weighted by atomic mass is 10.1. The third-order valence-corrected chi connectivity index (χ3v) is 4.14. The Kier molecular flexibility index (Phi) is 5.55. The van der Waals surface area contributed by atoms with Crippen LogP contribution < -0.4 is 5.43 Å². The van der Waals surface area contributed by atoms with Gasteiger partial charge in [-0.15, -0.1) is 0 Å². The molecule has 23 heavy (non-hydrogen) atoms. The van der Waals surface area contributed by atoms with Crippen molar-refractivity contribution in [3.8, 4) is 0 Å². The SMILES string of the molecule is CCN(CC)CCOC(=O)c1cccc2c(=O)c(C)c(C)oc12. The molecule has 0 aliphatic heterocycles. The fraction of sp³-hybridized carbons (Fsp3) is 0.444. The van der Waals surface area contributed by atoms with E-state index in [2.05, 4.69) is 18.7 Å². The lowest BCUT2D eigenvalue weighted by Gasteiger charge is -2.17. The van der Waals surface area contributed by atoms with Crippen molar-refractivity contribution < 1.29 is 13.9 Å². The first-order valence-corrected chi connectivity index (χ1v) is 7.92. The standard InChI is InChI=1S/C18H23NO4/c1-5-19(6-2)10-11-22-18(21)15-9-7-8-14-16(20)12(3)13(4)23-17(14)15/h7-9H,5-6,10-11H2,1-4H3. The maximum atomic E-state index is 12.3. The summed E-state index contributed by atoms with van der Waals surface area (Å²) in [6.45, 7) is 10.4. The predicted octanol–water partition coefficient (Wildman–Crippen LogP) is 2.91. The summed E-state index contributed by atoms with van der Waals surface area (Å²) in [5.74, 6) is 0.0556. The summed E-state index contributed by atoms with van der Waals surface area (Å²) in [4.78, 5) is 26.8. The molecule has 1 aromatic heterocycles. The van der Waals surface area contributed by atoms with Crippen molar-refractivity contribution in [2.45, 2.75) is 27.7 Å². The molecular weight excluding hydrogens is 294 g/mol. The van der Waals surface area contributed by atoms with Gasteiger partial charge in [-0.2, -0.15) is 0 Å². The number of ether oxygens (including phenoxy) is 1. The molecule has 2 aromatic rings. The van der Waals surface area contributed by atoms with Gasteiger partial charge in [0, 0.05) is 12.1 Å². The minimum Gasteiger partial charge on any atom is -0.461 e. The van der Waals surface area contributed by atoms with Crippen LogP contribution in [0.5, 0.6) is 0 Å². The van der Waals surface area contributed by atoms with Gasteiger partial charge >= 0.3 is 5.97 Å². The lowest BCUT2D eigenvalue weighted by Crippen LogP contribution is -2.28. The number of nitrogens with zero attached hydrogens (tertiary/aromatic N) is 1. The number of para-hydroxylation sites is 1. The van der Waals surface area contributed by atoms with Gasteiger partial charge < -0.3 is 14.1 Å². The van der Waals surface area contributed by atoms with Gasteiger partial charge in [0.05, 0.1) is 5.39 Å². The van der Waals surface area contributed by atoms with E-state index in [1.165, 1.54) is 0 Å². The van der Waals surface area contributed by atoms with Crippen LogP contribution in [-0.4, -0.2) is 37.1 Å². The summed E-state index contributed by atoms with van der Waals surface area (Å²) < 4.78 is 11.0. The smallest absolute Gasteiger partial charge is 0.342 e. The molecule has 2 rings (SSSR count). The van der Waals surface area contributed by atoms with Crippen molar-refractivity contribution in [1.82, 2.24) is 4.90 Å². The van der Waals surface area contributed by atoms with Crippen LogP contribution >= 0.6 is 0 Å². The first kappa shape index (κ1) is 17.2. The molecule has 0 N–H and O–H groups in total. The van der Waals surface area contributed by atoms with E-state index in [0.717, 1.165) is 13.1 Å². The van der Waals surface area contributed by atoms with Crippen molar-refractivity contribution in [2.75, 3.05) is 26.2 Å². The number of aryl methyl sites for hydroxylation is 1. The van der Waals surface area contributed by atoms with Crippen LogP contribution in [0.2, 0.25) is 0 Å². The van der Waals surface area contributed by atoms with Crippen molar-refractivity contribution in [2.24, 2.45) is 0 Å². The number of likely N-dealkylation sites (N-methyl/N-ethyl adjacent to an activating group) is 1. The molecule has 1 heterocycles. The van der Waals surface area contributed by atoms with E-state index in [1.54, 1.807) is 32.0 Å². The van der Waals surface area contributed by atoms with Gasteiger partial charge in [0.2, 0.25) is 0 Å². The molecule has 0 saturated carbocycles. The highest BCUT2D eigenvalue weighted by Crippen LogP contribution is 2.20. The summed E-state index contributed by atoms with van der Waals surface area (Å²) in [5, 5.41) is 0.409. The Morgan fingerprint density at radius 2 is 1.91 bits per heavy atom. The molecule has 0 aliphatic carbocycles. The monoisotopic (exact) mass is 317 g/mol. The Hall–Kier alpha value is -2.14. The molecule has 0 bridgehead atoms. The molecule has 5 nitrogen and oxygen atoms in total. The highest BCUT2D eigenvalue weighted by molar-refractivity contribution is 6.01. The van der Waals surface area contributed by atoms with Gasteiger partial charge in [0.15, 0.2) is 11.0 Å². The third kappa shape index (κ3) is 3.62. The van der Waals surface area contributed by atoms with Crippen LogP contribution in [0.1, 0.15) is 35.5 Å². The van der Waals surface area contributed by atoms with Crippen molar-refractivity contribution in [3.05, 3.63) is 45.3 Å². The molecule has 0 radical (unpaired) electrons. The summed E-state index contributed by atoms with van der Waals surface area (Å²) >= 11 is 0. The van der Waals surface area contributed by atoms with E-state index in [0.29, 0.717) is 41.0 Å². The van der Waals surface area contributed by atoms with Crippen LogP contribution in [0.3, 0.4) is 0 Å². The molecular formula is C18H23NO4. The minimum absolute atomic E-state index is 0.110. The molecule has 0 saturated heterocycles. The van der Waals surface area contributed by atoms with Crippen LogP contribution in [-0.2, 0) is 4.74 Å². The Morgan fingerprint density at radius 3 is 2.57 bits per heavy atom. The Morgan fingerprint density at radius 1 is 1.22 bits per heavy atom. The van der Waals surface area contributed by atoms with Gasteiger partial charge in [0.25, 0.3) is 0 Å². The van der Waals surface area contributed by atoms with E-state index >= 15 is 0 Å². The zero-order chi connectivity index (χ0) is 17.0. The lowest BCUT2D eigenvalue weighted by molar-refractivity contribution is 0.0467. The molecule has 0 unspecified atom stereocenters. The van der Waals surface area contributed by atoms with Gasteiger partial charge in [-0.1, -0.05) is 19.9 Å². The molecule has 124 valence electrons. The quantitative estimate of drug-likeness (QED) is 0.767. The maximum absolute atomic E-state index is 12.3. The molecule has 0 amide bonds. The number of rotatable bonds is 6.